The smallest absolute Gasteiger partial charge is 0.229 e. The van der Waals surface area contributed by atoms with Crippen LogP contribution in [0.1, 0.15) is 65.4 Å². The summed E-state index contributed by atoms with van der Waals surface area (Å²) in [7, 11) is 0. The Hall–Kier alpha value is -4.05. The van der Waals surface area contributed by atoms with Crippen molar-refractivity contribution in [1.29, 1.82) is 16.1 Å². The van der Waals surface area contributed by atoms with Crippen LogP contribution >= 0.6 is 0 Å². The van der Waals surface area contributed by atoms with E-state index in [1.54, 1.807) is 24.5 Å². The summed E-state index contributed by atoms with van der Waals surface area (Å²) in [6.07, 6.45) is 11.8. The number of morpholine rings is 1. The van der Waals surface area contributed by atoms with Gasteiger partial charge in [-0.3, -0.25) is 15.7 Å². The van der Waals surface area contributed by atoms with Crippen LogP contribution in [0.15, 0.2) is 42.4 Å². The summed E-state index contributed by atoms with van der Waals surface area (Å²) in [5, 5.41) is 40.6. The van der Waals surface area contributed by atoms with E-state index >= 15 is 0 Å². The highest BCUT2D eigenvalue weighted by molar-refractivity contribution is 5.93. The molecule has 1 aliphatic carbocycles. The summed E-state index contributed by atoms with van der Waals surface area (Å²) in [6, 6.07) is 8.07. The van der Waals surface area contributed by atoms with Crippen molar-refractivity contribution in [3.63, 3.8) is 0 Å². The number of nitrogens with one attached hydrogen (secondary N) is 4. The van der Waals surface area contributed by atoms with Crippen molar-refractivity contribution >= 4 is 18.2 Å². The zero-order chi connectivity index (χ0) is 33.8. The quantitative estimate of drug-likeness (QED) is 0.101. The number of benzene rings is 1. The fourth-order valence-corrected chi connectivity index (χ4v) is 6.44. The fourth-order valence-electron chi connectivity index (χ4n) is 6.44. The molecule has 2 fully saturated rings. The average molecular weight is 647 g/mol. The summed E-state index contributed by atoms with van der Waals surface area (Å²) in [5.74, 6) is 1.46. The topological polar surface area (TPSA) is 172 Å². The highest BCUT2D eigenvalue weighted by Gasteiger charge is 2.32. The van der Waals surface area contributed by atoms with E-state index < -0.39 is 0 Å². The van der Waals surface area contributed by atoms with Crippen molar-refractivity contribution < 1.29 is 19.3 Å². The largest absolute Gasteiger partial charge is 0.487 e. The third-order valence-electron chi connectivity index (χ3n) is 8.84. The van der Waals surface area contributed by atoms with Crippen LogP contribution in [0.5, 0.6) is 5.75 Å². The number of allylic oxidation sites excluding steroid dienone is 1. The number of rotatable bonds is 15. The summed E-state index contributed by atoms with van der Waals surface area (Å²) in [5.41, 5.74) is 2.45. The van der Waals surface area contributed by atoms with Crippen molar-refractivity contribution in [1.82, 2.24) is 20.2 Å². The number of aromatic nitrogens is 2. The number of ether oxygens (including phenoxy) is 3. The summed E-state index contributed by atoms with van der Waals surface area (Å²) >= 11 is 0. The van der Waals surface area contributed by atoms with Gasteiger partial charge < -0.3 is 30.0 Å². The van der Waals surface area contributed by atoms with Crippen LogP contribution in [-0.4, -0.2) is 89.4 Å². The van der Waals surface area contributed by atoms with E-state index in [1.807, 2.05) is 13.0 Å². The number of nitriles is 1. The fraction of sp³-hybridized carbons (Fsp3) is 0.571. The molecule has 2 unspecified atom stereocenters. The van der Waals surface area contributed by atoms with Crippen LogP contribution in [0.3, 0.4) is 0 Å². The van der Waals surface area contributed by atoms with Gasteiger partial charge >= 0.3 is 0 Å². The molecule has 2 heterocycles. The molecule has 1 aromatic carbocycles. The zero-order valence-electron chi connectivity index (χ0n) is 28.0. The Balaban J connectivity index is 1.44. The molecule has 2 aliphatic rings. The normalized spacial score (nSPS) is 23.2. The van der Waals surface area contributed by atoms with Gasteiger partial charge in [0.05, 0.1) is 43.0 Å². The van der Waals surface area contributed by atoms with Gasteiger partial charge in [-0.05, 0) is 76.0 Å². The first-order valence-electron chi connectivity index (χ1n) is 16.7. The van der Waals surface area contributed by atoms with Crippen LogP contribution < -0.4 is 15.4 Å². The minimum atomic E-state index is -0.253. The third kappa shape index (κ3) is 10.5. The van der Waals surface area contributed by atoms with Crippen LogP contribution in [0.2, 0.25) is 0 Å². The SMILES string of the molecule is CC1CN([C@H]2CC[C@H](C(C)/C=C(/Nc3ncc(-c4ccc(C#N)c(O[C@@H](C)CNC=N)c4)cn3)C(=N)OCCCO)CC2)C[C@H](C)O1. The highest BCUT2D eigenvalue weighted by atomic mass is 16.5. The molecule has 0 radical (unpaired) electrons. The van der Waals surface area contributed by atoms with E-state index in [2.05, 4.69) is 58.4 Å². The highest BCUT2D eigenvalue weighted by Crippen LogP contribution is 2.35. The number of aliphatic hydroxyl groups excluding tert-OH is 1. The van der Waals surface area contributed by atoms with Crippen LogP contribution in [0.25, 0.3) is 11.1 Å². The molecule has 12 heteroatoms. The third-order valence-corrected chi connectivity index (χ3v) is 8.84. The average Bonchev–Trinajstić information content (AvgIpc) is 3.07. The van der Waals surface area contributed by atoms with Crippen molar-refractivity contribution in [2.45, 2.75) is 84.2 Å². The molecule has 1 aliphatic heterocycles. The molecule has 12 nitrogen and oxygen atoms in total. The maximum absolute atomic E-state index is 9.56. The Morgan fingerprint density at radius 2 is 1.85 bits per heavy atom. The Morgan fingerprint density at radius 3 is 2.49 bits per heavy atom. The predicted molar refractivity (Wildman–Crippen MR) is 183 cm³/mol. The standard InChI is InChI=1S/C35H50N8O4/c1-23(27-8-10-31(11-9-27)43-20-25(3)46-26(4)21-43)14-32(34(38)45-13-5-12-44)42-35-40-18-30(19-41-35)28-6-7-29(16-36)33(15-28)47-24(2)17-39-22-37/h6-7,14-15,18-19,22-27,31,38,44H,5,8-13,17,20-21H2,1-4H3,(H2,37,39)(H,40,41,42)/b32-14+,38-34?/t23?,24-,25-,26?,27-,31-/m0/s1. The molecule has 0 amide bonds. The second-order valence-corrected chi connectivity index (χ2v) is 12.7. The molecular weight excluding hydrogens is 596 g/mol. The number of hydrogen-bond donors (Lipinski definition) is 5. The Morgan fingerprint density at radius 1 is 1.15 bits per heavy atom. The van der Waals surface area contributed by atoms with Gasteiger partial charge in [-0.25, -0.2) is 9.97 Å². The lowest BCUT2D eigenvalue weighted by Crippen LogP contribution is -2.51. The van der Waals surface area contributed by atoms with E-state index in [4.69, 9.17) is 25.0 Å². The molecule has 0 bridgehead atoms. The minimum Gasteiger partial charge on any atom is -0.487 e. The monoisotopic (exact) mass is 646 g/mol. The number of aliphatic hydroxyl groups is 1. The molecule has 4 rings (SSSR count). The van der Waals surface area contributed by atoms with E-state index in [-0.39, 0.29) is 43.3 Å². The predicted octanol–water partition coefficient (Wildman–Crippen LogP) is 4.96. The van der Waals surface area contributed by atoms with Gasteiger partial charge in [0.15, 0.2) is 0 Å². The maximum Gasteiger partial charge on any atom is 0.229 e. The van der Waals surface area contributed by atoms with Gasteiger partial charge in [0.1, 0.15) is 17.9 Å². The summed E-state index contributed by atoms with van der Waals surface area (Å²) in [6.45, 7) is 11.0. The molecule has 1 saturated carbocycles. The molecule has 2 aromatic rings. The molecule has 4 atom stereocenters. The second kappa shape index (κ2) is 17.8. The van der Waals surface area contributed by atoms with E-state index in [0.717, 1.165) is 56.2 Å². The number of anilines is 1. The zero-order valence-corrected chi connectivity index (χ0v) is 28.0. The van der Waals surface area contributed by atoms with E-state index in [1.165, 1.54) is 0 Å². The molecule has 0 spiro atoms. The van der Waals surface area contributed by atoms with Crippen LogP contribution in [0, 0.1) is 34.0 Å². The first-order valence-corrected chi connectivity index (χ1v) is 16.7. The second-order valence-electron chi connectivity index (χ2n) is 12.7. The lowest BCUT2D eigenvalue weighted by molar-refractivity contribution is -0.0857. The first kappa shape index (κ1) is 35.8. The maximum atomic E-state index is 9.56. The van der Waals surface area contributed by atoms with Crippen molar-refractivity contribution in [2.75, 3.05) is 38.2 Å². The lowest BCUT2D eigenvalue weighted by Gasteiger charge is -2.43. The van der Waals surface area contributed by atoms with E-state index in [0.29, 0.717) is 47.9 Å². The van der Waals surface area contributed by atoms with Gasteiger partial charge in [0, 0.05) is 50.1 Å². The van der Waals surface area contributed by atoms with Gasteiger partial charge in [-0.2, -0.15) is 5.26 Å². The van der Waals surface area contributed by atoms with Gasteiger partial charge in [-0.15, -0.1) is 0 Å². The molecular formula is C35H50N8O4. The van der Waals surface area contributed by atoms with Crippen molar-refractivity contribution in [3.8, 4) is 22.9 Å². The van der Waals surface area contributed by atoms with Gasteiger partial charge in [0.25, 0.3) is 0 Å². The Labute approximate surface area is 278 Å². The van der Waals surface area contributed by atoms with Gasteiger partial charge in [-0.1, -0.05) is 19.1 Å². The van der Waals surface area contributed by atoms with Gasteiger partial charge in [0.2, 0.25) is 11.8 Å². The minimum absolute atomic E-state index is 0.00758. The van der Waals surface area contributed by atoms with Crippen molar-refractivity contribution in [2.24, 2.45) is 11.8 Å². The molecule has 1 aromatic heterocycles. The lowest BCUT2D eigenvalue weighted by atomic mass is 9.78. The Kier molecular flexibility index (Phi) is 13.5. The van der Waals surface area contributed by atoms with Crippen molar-refractivity contribution in [3.05, 3.63) is 47.9 Å². The summed E-state index contributed by atoms with van der Waals surface area (Å²) < 4.78 is 17.6. The number of hydrogen-bond acceptors (Lipinski definition) is 11. The van der Waals surface area contributed by atoms with Crippen LogP contribution in [-0.2, 0) is 9.47 Å². The number of nitrogens with zero attached hydrogens (tertiary/aromatic N) is 4. The molecule has 1 saturated heterocycles. The van der Waals surface area contributed by atoms with E-state index in [9.17, 15) is 10.4 Å². The molecule has 254 valence electrons. The molecule has 5 N–H and O–H groups in total. The Bertz CT molecular complexity index is 1380. The first-order chi connectivity index (χ1) is 22.7. The molecule has 47 heavy (non-hydrogen) atoms. The van der Waals surface area contributed by atoms with Crippen LogP contribution in [0.4, 0.5) is 5.95 Å². The summed E-state index contributed by atoms with van der Waals surface area (Å²) in [4.78, 5) is 11.7.